The van der Waals surface area contributed by atoms with Crippen molar-refractivity contribution in [2.45, 2.75) is 89.5 Å². The maximum Gasteiger partial charge on any atom is 0.306 e. The van der Waals surface area contributed by atoms with Crippen LogP contribution >= 0.6 is 0 Å². The highest BCUT2D eigenvalue weighted by Gasteiger charge is 2.41. The molecular formula is C35H42N6O8. The molecule has 49 heavy (non-hydrogen) atoms. The fraction of sp³-hybridized carbons (Fsp3) is 0.457. The standard InChI is InChI=1S/C35H42N6O8/c1-19(2)30(40-32(46)26(9-6-10-28(42)43)39-33(47)27-16-22-7-4-5-8-25(22)38-27)35(49)41-14-13-21-15-20(3)11-12-24(21)31(41)34(48)37-23(18-36)17-29(44)45/h4-5,7-8,11-12,15,19,23,26-27,30-31,38H,6,9-10,13-14,16-17H2,1-3H3,(H,37,48)(H,39,47)(H,40,46)(H,42,43)(H,44,45)/t23?,26?,27-,30?,31-/m0/s1. The molecule has 0 radical (unpaired) electrons. The minimum atomic E-state index is -1.34. The summed E-state index contributed by atoms with van der Waals surface area (Å²) in [6.07, 6.45) is 0.0421. The first-order chi connectivity index (χ1) is 23.3. The minimum absolute atomic E-state index is 0.00312. The number of carboxylic acid groups (broad SMARTS) is 2. The molecule has 2 aliphatic heterocycles. The minimum Gasteiger partial charge on any atom is -0.481 e. The van der Waals surface area contributed by atoms with Gasteiger partial charge in [-0.3, -0.25) is 28.8 Å². The van der Waals surface area contributed by atoms with Crippen LogP contribution in [0.15, 0.2) is 42.5 Å². The Balaban J connectivity index is 1.56. The highest BCUT2D eigenvalue weighted by Crippen LogP contribution is 2.32. The summed E-state index contributed by atoms with van der Waals surface area (Å²) in [7, 11) is 0. The quantitative estimate of drug-likeness (QED) is 0.171. The zero-order valence-corrected chi connectivity index (χ0v) is 27.7. The number of carbonyl (C=O) groups excluding carboxylic acids is 4. The van der Waals surface area contributed by atoms with Gasteiger partial charge in [-0.25, -0.2) is 0 Å². The average Bonchev–Trinajstić information content (AvgIpc) is 3.49. The molecular weight excluding hydrogens is 632 g/mol. The first-order valence-electron chi connectivity index (χ1n) is 16.3. The molecule has 4 amide bonds. The molecule has 3 unspecified atom stereocenters. The number of fused-ring (bicyclic) bond motifs is 2. The fourth-order valence-electron chi connectivity index (χ4n) is 6.23. The lowest BCUT2D eigenvalue weighted by atomic mass is 9.89. The predicted octanol–water partition coefficient (Wildman–Crippen LogP) is 1.82. The number of nitriles is 1. The molecule has 0 fully saturated rings. The summed E-state index contributed by atoms with van der Waals surface area (Å²) in [6.45, 7) is 5.43. The van der Waals surface area contributed by atoms with E-state index in [0.29, 0.717) is 18.4 Å². The molecule has 2 aromatic carbocycles. The Bertz CT molecular complexity index is 1630. The Hall–Kier alpha value is -5.45. The largest absolute Gasteiger partial charge is 0.481 e. The van der Waals surface area contributed by atoms with E-state index in [9.17, 15) is 44.2 Å². The number of aryl methyl sites for hydroxylation is 1. The lowest BCUT2D eigenvalue weighted by molar-refractivity contribution is -0.146. The van der Waals surface area contributed by atoms with Gasteiger partial charge in [0, 0.05) is 25.1 Å². The molecule has 0 saturated heterocycles. The van der Waals surface area contributed by atoms with Gasteiger partial charge in [0.15, 0.2) is 0 Å². The number of nitrogens with zero attached hydrogens (tertiary/aromatic N) is 2. The van der Waals surface area contributed by atoms with Gasteiger partial charge in [0.05, 0.1) is 12.5 Å². The van der Waals surface area contributed by atoms with E-state index in [0.717, 1.165) is 22.4 Å². The van der Waals surface area contributed by atoms with Crippen LogP contribution in [0.5, 0.6) is 0 Å². The van der Waals surface area contributed by atoms with Crippen LogP contribution in [-0.4, -0.2) is 81.4 Å². The van der Waals surface area contributed by atoms with E-state index >= 15 is 0 Å². The van der Waals surface area contributed by atoms with Crippen molar-refractivity contribution in [2.75, 3.05) is 11.9 Å². The van der Waals surface area contributed by atoms with Crippen LogP contribution in [0.4, 0.5) is 5.69 Å². The highest BCUT2D eigenvalue weighted by molar-refractivity contribution is 5.96. The van der Waals surface area contributed by atoms with Gasteiger partial charge in [0.1, 0.15) is 30.2 Å². The van der Waals surface area contributed by atoms with Crippen LogP contribution in [0, 0.1) is 24.2 Å². The third-order valence-electron chi connectivity index (χ3n) is 8.74. The maximum absolute atomic E-state index is 14.3. The number of amides is 4. The van der Waals surface area contributed by atoms with Crippen molar-refractivity contribution in [1.82, 2.24) is 20.9 Å². The number of aliphatic carboxylic acids is 2. The van der Waals surface area contributed by atoms with Gasteiger partial charge < -0.3 is 36.4 Å². The van der Waals surface area contributed by atoms with Crippen molar-refractivity contribution in [3.63, 3.8) is 0 Å². The van der Waals surface area contributed by atoms with Crippen molar-refractivity contribution in [3.05, 3.63) is 64.7 Å². The highest BCUT2D eigenvalue weighted by atomic mass is 16.4. The normalized spacial score (nSPS) is 18.1. The molecule has 0 spiro atoms. The summed E-state index contributed by atoms with van der Waals surface area (Å²) in [5.74, 6) is -5.25. The summed E-state index contributed by atoms with van der Waals surface area (Å²) < 4.78 is 0. The topological polar surface area (TPSA) is 218 Å². The monoisotopic (exact) mass is 674 g/mol. The van der Waals surface area contributed by atoms with Crippen LogP contribution < -0.4 is 21.3 Å². The molecule has 6 N–H and O–H groups in total. The summed E-state index contributed by atoms with van der Waals surface area (Å²) >= 11 is 0. The number of benzene rings is 2. The summed E-state index contributed by atoms with van der Waals surface area (Å²) in [5, 5.41) is 39.0. The van der Waals surface area contributed by atoms with Crippen LogP contribution in [0.25, 0.3) is 0 Å². The second kappa shape index (κ2) is 16.1. The molecule has 14 nitrogen and oxygen atoms in total. The van der Waals surface area contributed by atoms with Crippen molar-refractivity contribution in [1.29, 1.82) is 5.26 Å². The van der Waals surface area contributed by atoms with Gasteiger partial charge in [-0.15, -0.1) is 0 Å². The molecule has 260 valence electrons. The molecule has 0 saturated carbocycles. The molecule has 2 heterocycles. The summed E-state index contributed by atoms with van der Waals surface area (Å²) in [4.78, 5) is 78.9. The molecule has 0 aliphatic carbocycles. The Labute approximate surface area is 284 Å². The van der Waals surface area contributed by atoms with Crippen LogP contribution in [0.2, 0.25) is 0 Å². The number of hydrogen-bond acceptors (Lipinski definition) is 8. The van der Waals surface area contributed by atoms with E-state index in [2.05, 4.69) is 21.3 Å². The molecule has 4 rings (SSSR count). The molecule has 0 bridgehead atoms. The Kier molecular flexibility index (Phi) is 12.0. The number of para-hydroxylation sites is 1. The van der Waals surface area contributed by atoms with E-state index < -0.39 is 78.1 Å². The van der Waals surface area contributed by atoms with Gasteiger partial charge in [-0.2, -0.15) is 5.26 Å². The second-order valence-electron chi connectivity index (χ2n) is 12.8. The van der Waals surface area contributed by atoms with E-state index in [-0.39, 0.29) is 25.8 Å². The van der Waals surface area contributed by atoms with Gasteiger partial charge in [-0.1, -0.05) is 55.8 Å². The zero-order valence-electron chi connectivity index (χ0n) is 27.7. The second-order valence-corrected chi connectivity index (χ2v) is 12.8. The van der Waals surface area contributed by atoms with Gasteiger partial charge >= 0.3 is 11.9 Å². The third-order valence-corrected chi connectivity index (χ3v) is 8.74. The number of carboxylic acids is 2. The zero-order chi connectivity index (χ0) is 35.8. The Morgan fingerprint density at radius 2 is 1.71 bits per heavy atom. The molecule has 2 aromatic rings. The van der Waals surface area contributed by atoms with Crippen LogP contribution in [0.1, 0.15) is 67.8 Å². The Morgan fingerprint density at radius 3 is 2.37 bits per heavy atom. The fourth-order valence-corrected chi connectivity index (χ4v) is 6.23. The smallest absolute Gasteiger partial charge is 0.306 e. The molecule has 0 aromatic heterocycles. The first-order valence-corrected chi connectivity index (χ1v) is 16.3. The lowest BCUT2D eigenvalue weighted by Gasteiger charge is -2.39. The van der Waals surface area contributed by atoms with Crippen LogP contribution in [-0.2, 0) is 41.6 Å². The average molecular weight is 675 g/mol. The van der Waals surface area contributed by atoms with E-state index in [1.165, 1.54) is 4.90 Å². The van der Waals surface area contributed by atoms with Crippen molar-refractivity contribution < 1.29 is 39.0 Å². The van der Waals surface area contributed by atoms with E-state index in [1.807, 2.05) is 37.3 Å². The van der Waals surface area contributed by atoms with Gasteiger partial charge in [0.25, 0.3) is 0 Å². The maximum atomic E-state index is 14.3. The van der Waals surface area contributed by atoms with Crippen molar-refractivity contribution in [3.8, 4) is 6.07 Å². The SMILES string of the molecule is Cc1ccc2c(c1)CCN(C(=O)C(NC(=O)C(CCCC(=O)O)NC(=O)[C@@H]1Cc3ccccc3N1)C(C)C)[C@@H]2C(=O)NC(C#N)CC(=O)O. The number of hydrogen-bond donors (Lipinski definition) is 6. The number of nitrogens with one attached hydrogen (secondary N) is 4. The first kappa shape index (κ1) is 36.4. The summed E-state index contributed by atoms with van der Waals surface area (Å²) in [5.41, 5.74) is 4.04. The van der Waals surface area contributed by atoms with Crippen molar-refractivity contribution >= 4 is 41.3 Å². The molecule has 2 aliphatic rings. The van der Waals surface area contributed by atoms with E-state index in [4.69, 9.17) is 0 Å². The number of rotatable bonds is 14. The van der Waals surface area contributed by atoms with Crippen LogP contribution in [0.3, 0.4) is 0 Å². The van der Waals surface area contributed by atoms with Crippen molar-refractivity contribution in [2.24, 2.45) is 5.92 Å². The molecule has 14 heteroatoms. The van der Waals surface area contributed by atoms with E-state index in [1.54, 1.807) is 32.0 Å². The Morgan fingerprint density at radius 1 is 0.980 bits per heavy atom. The molecule has 5 atom stereocenters. The predicted molar refractivity (Wildman–Crippen MR) is 177 cm³/mol. The third kappa shape index (κ3) is 9.13. The van der Waals surface area contributed by atoms with Gasteiger partial charge in [-0.05, 0) is 54.9 Å². The number of anilines is 1. The van der Waals surface area contributed by atoms with Gasteiger partial charge in [0.2, 0.25) is 23.6 Å². The summed E-state index contributed by atoms with van der Waals surface area (Å²) in [6, 6.07) is 9.14. The lowest BCUT2D eigenvalue weighted by Crippen LogP contribution is -2.59. The number of carbonyl (C=O) groups is 6.